The molecule has 3 aromatic rings. The molecule has 29 heavy (non-hydrogen) atoms. The van der Waals surface area contributed by atoms with Crippen molar-refractivity contribution in [1.82, 2.24) is 15.6 Å². The summed E-state index contributed by atoms with van der Waals surface area (Å²) in [5.74, 6) is 3.02. The molecule has 0 saturated heterocycles. The molecule has 4 rings (SSSR count). The Hall–Kier alpha value is -3.28. The normalized spacial score (nSPS) is 16.1. The van der Waals surface area contributed by atoms with Crippen molar-refractivity contribution in [2.45, 2.75) is 32.9 Å². The SMILES string of the molecule is CCNC(=NCc1ncc(-c2ccc(C)cc2)o1)NC1CCOc2ccccc21. The molecule has 0 spiro atoms. The highest BCUT2D eigenvalue weighted by molar-refractivity contribution is 5.80. The topological polar surface area (TPSA) is 71.7 Å². The Bertz CT molecular complexity index is 979. The number of oxazole rings is 1. The third-order valence-electron chi connectivity index (χ3n) is 4.88. The fraction of sp³-hybridized carbons (Fsp3) is 0.304. The van der Waals surface area contributed by atoms with Gasteiger partial charge in [-0.25, -0.2) is 9.98 Å². The summed E-state index contributed by atoms with van der Waals surface area (Å²) in [6.07, 6.45) is 2.64. The third-order valence-corrected chi connectivity index (χ3v) is 4.88. The molecular formula is C23H26N4O2. The van der Waals surface area contributed by atoms with Crippen LogP contribution < -0.4 is 15.4 Å². The van der Waals surface area contributed by atoms with Crippen LogP contribution in [0.25, 0.3) is 11.3 Å². The van der Waals surface area contributed by atoms with Crippen molar-refractivity contribution in [3.05, 3.63) is 71.7 Å². The van der Waals surface area contributed by atoms with Crippen LogP contribution >= 0.6 is 0 Å². The zero-order valence-electron chi connectivity index (χ0n) is 16.8. The zero-order chi connectivity index (χ0) is 20.1. The highest BCUT2D eigenvalue weighted by Crippen LogP contribution is 2.31. The van der Waals surface area contributed by atoms with Gasteiger partial charge < -0.3 is 19.8 Å². The quantitative estimate of drug-likeness (QED) is 0.504. The Balaban J connectivity index is 1.46. The van der Waals surface area contributed by atoms with Crippen molar-refractivity contribution in [1.29, 1.82) is 0 Å². The van der Waals surface area contributed by atoms with Crippen molar-refractivity contribution in [2.75, 3.05) is 13.2 Å². The fourth-order valence-corrected chi connectivity index (χ4v) is 3.36. The van der Waals surface area contributed by atoms with Crippen LogP contribution in [0.15, 0.2) is 64.1 Å². The van der Waals surface area contributed by atoms with Crippen molar-refractivity contribution in [3.63, 3.8) is 0 Å². The smallest absolute Gasteiger partial charge is 0.216 e. The summed E-state index contributed by atoms with van der Waals surface area (Å²) in [7, 11) is 0. The highest BCUT2D eigenvalue weighted by atomic mass is 16.5. The van der Waals surface area contributed by atoms with Gasteiger partial charge in [-0.15, -0.1) is 0 Å². The maximum absolute atomic E-state index is 5.89. The average molecular weight is 390 g/mol. The molecule has 0 amide bonds. The predicted molar refractivity (Wildman–Crippen MR) is 114 cm³/mol. The molecule has 0 bridgehead atoms. The van der Waals surface area contributed by atoms with Crippen LogP contribution in [-0.2, 0) is 6.54 Å². The molecule has 2 aromatic carbocycles. The number of guanidine groups is 1. The van der Waals surface area contributed by atoms with Crippen LogP contribution in [0.4, 0.5) is 0 Å². The van der Waals surface area contributed by atoms with E-state index < -0.39 is 0 Å². The minimum atomic E-state index is 0.158. The van der Waals surface area contributed by atoms with E-state index in [2.05, 4.69) is 52.7 Å². The van der Waals surface area contributed by atoms with E-state index in [1.165, 1.54) is 5.56 Å². The van der Waals surface area contributed by atoms with Gasteiger partial charge in [0.1, 0.15) is 12.3 Å². The summed E-state index contributed by atoms with van der Waals surface area (Å²) in [5, 5.41) is 6.82. The molecule has 2 heterocycles. The van der Waals surface area contributed by atoms with Crippen molar-refractivity contribution < 1.29 is 9.15 Å². The minimum absolute atomic E-state index is 0.158. The second-order valence-electron chi connectivity index (χ2n) is 7.05. The summed E-state index contributed by atoms with van der Waals surface area (Å²) in [6.45, 7) is 5.95. The molecule has 0 aliphatic carbocycles. The first-order chi connectivity index (χ1) is 14.2. The van der Waals surface area contributed by atoms with E-state index in [1.807, 2.05) is 30.3 Å². The van der Waals surface area contributed by atoms with Crippen LogP contribution in [0.2, 0.25) is 0 Å². The number of nitrogens with one attached hydrogen (secondary N) is 2. The van der Waals surface area contributed by atoms with Gasteiger partial charge in [0.25, 0.3) is 0 Å². The van der Waals surface area contributed by atoms with Crippen molar-refractivity contribution in [3.8, 4) is 17.1 Å². The molecule has 1 unspecified atom stereocenters. The molecule has 6 nitrogen and oxygen atoms in total. The van der Waals surface area contributed by atoms with Gasteiger partial charge >= 0.3 is 0 Å². The van der Waals surface area contributed by atoms with E-state index in [0.717, 1.165) is 41.6 Å². The standard InChI is InChI=1S/C23H26N4O2/c1-3-24-23(27-19-12-13-28-20-7-5-4-6-18(19)20)26-15-22-25-14-21(29-22)17-10-8-16(2)9-11-17/h4-11,14,19H,3,12-13,15H2,1-2H3,(H2,24,26,27). The maximum atomic E-state index is 5.89. The van der Waals surface area contributed by atoms with E-state index >= 15 is 0 Å². The fourth-order valence-electron chi connectivity index (χ4n) is 3.36. The van der Waals surface area contributed by atoms with E-state index in [1.54, 1.807) is 6.20 Å². The van der Waals surface area contributed by atoms with Gasteiger partial charge in [-0.3, -0.25) is 0 Å². The first kappa shape index (κ1) is 19.1. The van der Waals surface area contributed by atoms with Crippen LogP contribution in [0.3, 0.4) is 0 Å². The second kappa shape index (κ2) is 8.82. The number of nitrogens with zero attached hydrogens (tertiary/aromatic N) is 2. The summed E-state index contributed by atoms with van der Waals surface area (Å²) in [5.41, 5.74) is 3.39. The number of hydrogen-bond acceptors (Lipinski definition) is 4. The molecule has 150 valence electrons. The molecule has 2 N–H and O–H groups in total. The lowest BCUT2D eigenvalue weighted by molar-refractivity contribution is 0.261. The molecule has 1 aliphatic rings. The van der Waals surface area contributed by atoms with Gasteiger partial charge in [-0.1, -0.05) is 48.0 Å². The maximum Gasteiger partial charge on any atom is 0.216 e. The van der Waals surface area contributed by atoms with Crippen molar-refractivity contribution in [2.24, 2.45) is 4.99 Å². The Morgan fingerprint density at radius 1 is 1.17 bits per heavy atom. The van der Waals surface area contributed by atoms with E-state index in [0.29, 0.717) is 19.0 Å². The summed E-state index contributed by atoms with van der Waals surface area (Å²) in [6, 6.07) is 16.5. The number of ether oxygens (including phenoxy) is 1. The van der Waals surface area contributed by atoms with Gasteiger partial charge in [-0.2, -0.15) is 0 Å². The number of fused-ring (bicyclic) bond motifs is 1. The number of aryl methyl sites for hydroxylation is 1. The van der Waals surface area contributed by atoms with E-state index in [-0.39, 0.29) is 6.04 Å². The lowest BCUT2D eigenvalue weighted by Crippen LogP contribution is -2.41. The average Bonchev–Trinajstić information content (AvgIpc) is 3.22. The van der Waals surface area contributed by atoms with Gasteiger partial charge in [0.05, 0.1) is 18.8 Å². The molecule has 0 radical (unpaired) electrons. The van der Waals surface area contributed by atoms with Gasteiger partial charge in [0, 0.05) is 24.1 Å². The largest absolute Gasteiger partial charge is 0.493 e. The Labute approximate surface area is 171 Å². The van der Waals surface area contributed by atoms with Gasteiger partial charge in [-0.05, 0) is 19.9 Å². The number of hydrogen-bond donors (Lipinski definition) is 2. The lowest BCUT2D eigenvalue weighted by Gasteiger charge is -2.28. The van der Waals surface area contributed by atoms with E-state index in [4.69, 9.17) is 9.15 Å². The first-order valence-electron chi connectivity index (χ1n) is 10.0. The van der Waals surface area contributed by atoms with Crippen LogP contribution in [0, 0.1) is 6.92 Å². The summed E-state index contributed by atoms with van der Waals surface area (Å²) >= 11 is 0. The van der Waals surface area contributed by atoms with Crippen LogP contribution in [0.1, 0.15) is 36.4 Å². The Morgan fingerprint density at radius 2 is 2.00 bits per heavy atom. The summed E-state index contributed by atoms with van der Waals surface area (Å²) < 4.78 is 11.6. The van der Waals surface area contributed by atoms with Crippen molar-refractivity contribution >= 4 is 5.96 Å². The summed E-state index contributed by atoms with van der Waals surface area (Å²) in [4.78, 5) is 9.05. The number of benzene rings is 2. The van der Waals surface area contributed by atoms with Gasteiger partial charge in [0.15, 0.2) is 11.7 Å². The predicted octanol–water partition coefficient (Wildman–Crippen LogP) is 4.23. The monoisotopic (exact) mass is 390 g/mol. The first-order valence-corrected chi connectivity index (χ1v) is 10.0. The Morgan fingerprint density at radius 3 is 2.83 bits per heavy atom. The minimum Gasteiger partial charge on any atom is -0.493 e. The molecule has 0 saturated carbocycles. The molecule has 1 aliphatic heterocycles. The zero-order valence-corrected chi connectivity index (χ0v) is 16.8. The number of rotatable bonds is 5. The Kier molecular flexibility index (Phi) is 5.79. The molecule has 1 aromatic heterocycles. The van der Waals surface area contributed by atoms with Crippen LogP contribution in [0.5, 0.6) is 5.75 Å². The molecule has 6 heteroatoms. The molecule has 0 fully saturated rings. The third kappa shape index (κ3) is 4.59. The van der Waals surface area contributed by atoms with Crippen LogP contribution in [-0.4, -0.2) is 24.1 Å². The number of para-hydroxylation sites is 1. The second-order valence-corrected chi connectivity index (χ2v) is 7.05. The van der Waals surface area contributed by atoms with Gasteiger partial charge in [0.2, 0.25) is 5.89 Å². The lowest BCUT2D eigenvalue weighted by atomic mass is 10.0. The molecule has 1 atom stereocenters. The van der Waals surface area contributed by atoms with E-state index in [9.17, 15) is 0 Å². The number of aromatic nitrogens is 1. The molecular weight excluding hydrogens is 364 g/mol. The number of aliphatic imine (C=N–C) groups is 1. The highest BCUT2D eigenvalue weighted by Gasteiger charge is 2.21.